The van der Waals surface area contributed by atoms with E-state index in [0.29, 0.717) is 55.5 Å². The van der Waals surface area contributed by atoms with Crippen molar-refractivity contribution in [2.75, 3.05) is 53.1 Å². The average Bonchev–Trinajstić information content (AvgIpc) is 3.14. The van der Waals surface area contributed by atoms with E-state index in [1.165, 1.54) is 0 Å². The third kappa shape index (κ3) is 5.10. The second kappa shape index (κ2) is 11.1. The topological polar surface area (TPSA) is 88.5 Å². The molecule has 192 valence electrons. The van der Waals surface area contributed by atoms with E-state index in [9.17, 15) is 14.7 Å². The molecular formula is C28H34N2O6. The van der Waals surface area contributed by atoms with E-state index in [4.69, 9.17) is 14.2 Å². The number of carbonyl (C=O) groups is 2. The molecule has 1 atom stereocenters. The third-order valence-electron chi connectivity index (χ3n) is 6.75. The lowest BCUT2D eigenvalue weighted by atomic mass is 9.93. The lowest BCUT2D eigenvalue weighted by Gasteiger charge is -2.31. The second-order valence-corrected chi connectivity index (χ2v) is 9.11. The van der Waals surface area contributed by atoms with Gasteiger partial charge in [0.1, 0.15) is 5.76 Å². The van der Waals surface area contributed by atoms with E-state index in [1.54, 1.807) is 24.1 Å². The molecule has 2 aromatic rings. The average molecular weight is 495 g/mol. The number of benzene rings is 2. The zero-order valence-corrected chi connectivity index (χ0v) is 21.4. The fraction of sp³-hybridized carbons (Fsp3) is 0.429. The van der Waals surface area contributed by atoms with Crippen molar-refractivity contribution in [2.24, 2.45) is 0 Å². The van der Waals surface area contributed by atoms with Crippen LogP contribution in [-0.4, -0.2) is 79.7 Å². The Labute approximate surface area is 212 Å². The summed E-state index contributed by atoms with van der Waals surface area (Å²) in [4.78, 5) is 30.5. The lowest BCUT2D eigenvalue weighted by Crippen LogP contribution is -2.42. The third-order valence-corrected chi connectivity index (χ3v) is 6.75. The van der Waals surface area contributed by atoms with Crippen molar-refractivity contribution in [1.29, 1.82) is 0 Å². The van der Waals surface area contributed by atoms with Crippen LogP contribution < -0.4 is 9.47 Å². The van der Waals surface area contributed by atoms with E-state index in [2.05, 4.69) is 4.90 Å². The summed E-state index contributed by atoms with van der Waals surface area (Å²) in [5.41, 5.74) is 3.07. The number of ether oxygens (including phenoxy) is 3. The fourth-order valence-corrected chi connectivity index (χ4v) is 4.80. The van der Waals surface area contributed by atoms with Gasteiger partial charge in [-0.3, -0.25) is 14.5 Å². The largest absolute Gasteiger partial charge is 0.507 e. The molecule has 36 heavy (non-hydrogen) atoms. The smallest absolute Gasteiger partial charge is 0.295 e. The number of hydrogen-bond donors (Lipinski definition) is 1. The zero-order valence-electron chi connectivity index (χ0n) is 21.4. The molecule has 8 nitrogen and oxygen atoms in total. The summed E-state index contributed by atoms with van der Waals surface area (Å²) < 4.78 is 16.6. The summed E-state index contributed by atoms with van der Waals surface area (Å²) in [5, 5.41) is 11.4. The van der Waals surface area contributed by atoms with Crippen molar-refractivity contribution in [2.45, 2.75) is 26.8 Å². The van der Waals surface area contributed by atoms with Crippen molar-refractivity contribution in [3.8, 4) is 11.5 Å². The first kappa shape index (κ1) is 25.7. The number of methoxy groups -OCH3 is 1. The molecule has 1 amide bonds. The number of aliphatic hydroxyl groups excluding tert-OH is 1. The number of aryl methyl sites for hydroxylation is 2. The molecule has 2 saturated heterocycles. The van der Waals surface area contributed by atoms with Gasteiger partial charge in [0.25, 0.3) is 11.7 Å². The number of rotatable bonds is 8. The summed E-state index contributed by atoms with van der Waals surface area (Å²) in [6.07, 6.45) is 0. The number of nitrogens with zero attached hydrogens (tertiary/aromatic N) is 2. The Morgan fingerprint density at radius 3 is 2.50 bits per heavy atom. The number of amides is 1. The molecule has 0 aromatic heterocycles. The van der Waals surface area contributed by atoms with Gasteiger partial charge in [0.2, 0.25) is 0 Å². The molecule has 1 unspecified atom stereocenters. The highest BCUT2D eigenvalue weighted by molar-refractivity contribution is 6.46. The van der Waals surface area contributed by atoms with Gasteiger partial charge < -0.3 is 24.2 Å². The number of aliphatic hydroxyl groups is 1. The van der Waals surface area contributed by atoms with Crippen LogP contribution >= 0.6 is 0 Å². The quantitative estimate of drug-likeness (QED) is 0.342. The Kier molecular flexibility index (Phi) is 7.96. The van der Waals surface area contributed by atoms with Crippen LogP contribution in [0.4, 0.5) is 0 Å². The lowest BCUT2D eigenvalue weighted by molar-refractivity contribution is -0.140. The first-order valence-corrected chi connectivity index (χ1v) is 12.3. The normalized spacial score (nSPS) is 20.1. The van der Waals surface area contributed by atoms with Gasteiger partial charge >= 0.3 is 0 Å². The number of likely N-dealkylation sites (tertiary alicyclic amines) is 1. The van der Waals surface area contributed by atoms with E-state index < -0.39 is 17.7 Å². The summed E-state index contributed by atoms with van der Waals surface area (Å²) in [6, 6.07) is 10.3. The van der Waals surface area contributed by atoms with Gasteiger partial charge in [-0.05, 0) is 50.1 Å². The molecule has 0 bridgehead atoms. The van der Waals surface area contributed by atoms with Gasteiger partial charge in [0, 0.05) is 31.7 Å². The standard InChI is InChI=1S/C28H34N2O6/c1-5-36-22-9-8-20(17-23(22)34-4)25-24(26(31)21-16-18(2)6-7-19(21)3)27(32)28(33)30(25)11-10-29-12-14-35-15-13-29/h6-9,16-17,25,31H,5,10-15H2,1-4H3. The Morgan fingerprint density at radius 2 is 1.81 bits per heavy atom. The van der Waals surface area contributed by atoms with Crippen molar-refractivity contribution in [1.82, 2.24) is 9.80 Å². The highest BCUT2D eigenvalue weighted by Gasteiger charge is 2.46. The molecule has 8 heteroatoms. The number of ketones is 1. The Bertz CT molecular complexity index is 1170. The first-order valence-electron chi connectivity index (χ1n) is 12.3. The van der Waals surface area contributed by atoms with Gasteiger partial charge in [-0.25, -0.2) is 0 Å². The van der Waals surface area contributed by atoms with Gasteiger partial charge in [-0.2, -0.15) is 0 Å². The predicted molar refractivity (Wildman–Crippen MR) is 136 cm³/mol. The Hall–Kier alpha value is -3.36. The van der Waals surface area contributed by atoms with Crippen molar-refractivity contribution in [3.63, 3.8) is 0 Å². The molecule has 4 rings (SSSR count). The van der Waals surface area contributed by atoms with Gasteiger partial charge in [-0.15, -0.1) is 0 Å². The molecule has 0 saturated carbocycles. The van der Waals surface area contributed by atoms with E-state index >= 15 is 0 Å². The maximum Gasteiger partial charge on any atom is 0.295 e. The van der Waals surface area contributed by atoms with Crippen LogP contribution in [0.3, 0.4) is 0 Å². The molecule has 2 aliphatic rings. The highest BCUT2D eigenvalue weighted by atomic mass is 16.5. The van der Waals surface area contributed by atoms with Crippen LogP contribution in [-0.2, 0) is 14.3 Å². The first-order chi connectivity index (χ1) is 17.3. The molecule has 2 fully saturated rings. The molecule has 2 heterocycles. The molecule has 1 N–H and O–H groups in total. The van der Waals surface area contributed by atoms with Crippen molar-refractivity contribution >= 4 is 17.4 Å². The molecular weight excluding hydrogens is 460 g/mol. The number of hydrogen-bond acceptors (Lipinski definition) is 7. The highest BCUT2D eigenvalue weighted by Crippen LogP contribution is 2.42. The number of carbonyl (C=O) groups excluding carboxylic acids is 2. The van der Waals surface area contributed by atoms with Crippen LogP contribution in [0.5, 0.6) is 11.5 Å². The van der Waals surface area contributed by atoms with Gasteiger partial charge in [0.05, 0.1) is 38.5 Å². The minimum Gasteiger partial charge on any atom is -0.507 e. The molecule has 0 radical (unpaired) electrons. The second-order valence-electron chi connectivity index (χ2n) is 9.11. The molecule has 0 aliphatic carbocycles. The van der Waals surface area contributed by atoms with Crippen LogP contribution in [0, 0.1) is 13.8 Å². The van der Waals surface area contributed by atoms with E-state index in [1.807, 2.05) is 45.0 Å². The van der Waals surface area contributed by atoms with Crippen LogP contribution in [0.15, 0.2) is 42.0 Å². The van der Waals surface area contributed by atoms with E-state index in [0.717, 1.165) is 24.2 Å². The maximum atomic E-state index is 13.4. The van der Waals surface area contributed by atoms with Crippen molar-refractivity contribution in [3.05, 3.63) is 64.2 Å². The van der Waals surface area contributed by atoms with Gasteiger partial charge in [0.15, 0.2) is 11.5 Å². The number of Topliss-reactive ketones (excluding diaryl/α,β-unsaturated/α-hetero) is 1. The SMILES string of the molecule is CCOc1ccc(C2C(=C(O)c3cc(C)ccc3C)C(=O)C(=O)N2CCN2CCOCC2)cc1OC. The maximum absolute atomic E-state index is 13.4. The Morgan fingerprint density at radius 1 is 1.06 bits per heavy atom. The van der Waals surface area contributed by atoms with Crippen LogP contribution in [0.25, 0.3) is 5.76 Å². The summed E-state index contributed by atoms with van der Waals surface area (Å²) >= 11 is 0. The summed E-state index contributed by atoms with van der Waals surface area (Å²) in [7, 11) is 1.55. The summed E-state index contributed by atoms with van der Waals surface area (Å²) in [6.45, 7) is 9.93. The monoisotopic (exact) mass is 494 g/mol. The zero-order chi connectivity index (χ0) is 25.8. The Balaban J connectivity index is 1.81. The van der Waals surface area contributed by atoms with Crippen LogP contribution in [0.1, 0.15) is 35.2 Å². The molecule has 2 aliphatic heterocycles. The fourth-order valence-electron chi connectivity index (χ4n) is 4.80. The van der Waals surface area contributed by atoms with Crippen molar-refractivity contribution < 1.29 is 28.9 Å². The predicted octanol–water partition coefficient (Wildman–Crippen LogP) is 3.46. The molecule has 0 spiro atoms. The van der Waals surface area contributed by atoms with Gasteiger partial charge in [-0.1, -0.05) is 23.8 Å². The minimum absolute atomic E-state index is 0.0851. The molecule has 2 aromatic carbocycles. The minimum atomic E-state index is -0.754. The summed E-state index contributed by atoms with van der Waals surface area (Å²) in [5.74, 6) is -0.397. The van der Waals surface area contributed by atoms with E-state index in [-0.39, 0.29) is 11.3 Å². The van der Waals surface area contributed by atoms with Crippen LogP contribution in [0.2, 0.25) is 0 Å². The number of morpholine rings is 1.